The number of hydrogen-bond acceptors (Lipinski definition) is 8. The Morgan fingerprint density at radius 3 is 2.74 bits per heavy atom. The Balaban J connectivity index is 1.76. The number of anilines is 3. The molecular formula is C19H22F4N6O2. The van der Waals surface area contributed by atoms with E-state index in [1.165, 1.54) is 17.2 Å². The minimum absolute atomic E-state index is 0.00615. The van der Waals surface area contributed by atoms with E-state index in [1.807, 2.05) is 11.8 Å². The van der Waals surface area contributed by atoms with Crippen LogP contribution in [0.4, 0.5) is 35.1 Å². The SMILES string of the molecule is C[C@H]1COCCN1c1cc(-c2cnc(N)c(OC(F)F)c2)nc(N2CCC(F)(F)C2)n1. The standard InChI is InChI=1S/C19H22F4N6O2/c1-11-9-30-5-4-29(11)15-7-13(12-6-14(31-17(20)21)16(24)25-8-12)26-18(27-15)28-3-2-19(22,23)10-28/h6-8,11,17H,2-5,9-10H2,1H3,(H2,24,25)/t11-/m0/s1. The van der Waals surface area contributed by atoms with Crippen molar-refractivity contribution in [1.29, 1.82) is 0 Å². The number of nitrogens with two attached hydrogens (primary N) is 1. The van der Waals surface area contributed by atoms with E-state index < -0.39 is 19.1 Å². The zero-order valence-corrected chi connectivity index (χ0v) is 16.8. The van der Waals surface area contributed by atoms with Gasteiger partial charge in [-0.05, 0) is 13.0 Å². The van der Waals surface area contributed by atoms with E-state index in [1.54, 1.807) is 6.07 Å². The average Bonchev–Trinajstić information content (AvgIpc) is 3.09. The lowest BCUT2D eigenvalue weighted by molar-refractivity contribution is -0.0494. The van der Waals surface area contributed by atoms with Crippen molar-refractivity contribution < 1.29 is 27.0 Å². The van der Waals surface area contributed by atoms with E-state index in [9.17, 15) is 17.6 Å². The van der Waals surface area contributed by atoms with Gasteiger partial charge in [0.1, 0.15) is 5.82 Å². The molecule has 0 aromatic carbocycles. The van der Waals surface area contributed by atoms with Crippen molar-refractivity contribution in [2.75, 3.05) is 48.4 Å². The normalized spacial score (nSPS) is 21.0. The molecule has 0 bridgehead atoms. The number of rotatable bonds is 5. The highest BCUT2D eigenvalue weighted by molar-refractivity contribution is 5.68. The number of alkyl halides is 4. The number of halogens is 4. The van der Waals surface area contributed by atoms with Crippen LogP contribution >= 0.6 is 0 Å². The van der Waals surface area contributed by atoms with E-state index in [2.05, 4.69) is 19.7 Å². The average molecular weight is 442 g/mol. The van der Waals surface area contributed by atoms with Crippen LogP contribution in [0.25, 0.3) is 11.3 Å². The first kappa shape index (κ1) is 21.3. The molecule has 2 aliphatic rings. The lowest BCUT2D eigenvalue weighted by Gasteiger charge is -2.34. The van der Waals surface area contributed by atoms with Crippen LogP contribution in [0.5, 0.6) is 5.75 Å². The van der Waals surface area contributed by atoms with Gasteiger partial charge in [-0.25, -0.2) is 18.7 Å². The summed E-state index contributed by atoms with van der Waals surface area (Å²) in [6.45, 7) is 0.0550. The van der Waals surface area contributed by atoms with Gasteiger partial charge in [-0.3, -0.25) is 0 Å². The monoisotopic (exact) mass is 442 g/mol. The molecule has 0 amide bonds. The number of aromatic nitrogens is 3. The van der Waals surface area contributed by atoms with Gasteiger partial charge in [-0.15, -0.1) is 0 Å². The Morgan fingerprint density at radius 1 is 1.26 bits per heavy atom. The van der Waals surface area contributed by atoms with Crippen molar-refractivity contribution in [2.24, 2.45) is 0 Å². The van der Waals surface area contributed by atoms with Crippen LogP contribution in [0.3, 0.4) is 0 Å². The molecule has 2 N–H and O–H groups in total. The van der Waals surface area contributed by atoms with Crippen LogP contribution in [0.2, 0.25) is 0 Å². The summed E-state index contributed by atoms with van der Waals surface area (Å²) in [6, 6.07) is 2.97. The molecule has 2 aromatic rings. The van der Waals surface area contributed by atoms with Gasteiger partial charge in [-0.2, -0.15) is 13.8 Å². The molecule has 2 aromatic heterocycles. The smallest absolute Gasteiger partial charge is 0.387 e. The van der Waals surface area contributed by atoms with Crippen molar-refractivity contribution >= 4 is 17.6 Å². The summed E-state index contributed by atoms with van der Waals surface area (Å²) in [7, 11) is 0. The van der Waals surface area contributed by atoms with Gasteiger partial charge in [0.15, 0.2) is 11.6 Å². The second-order valence-electron chi connectivity index (χ2n) is 7.54. The first-order valence-corrected chi connectivity index (χ1v) is 9.79. The van der Waals surface area contributed by atoms with Crippen molar-refractivity contribution in [2.45, 2.75) is 31.9 Å². The lowest BCUT2D eigenvalue weighted by atomic mass is 10.1. The van der Waals surface area contributed by atoms with Crippen LogP contribution < -0.4 is 20.3 Å². The van der Waals surface area contributed by atoms with E-state index >= 15 is 0 Å². The summed E-state index contributed by atoms with van der Waals surface area (Å²) in [5.41, 5.74) is 6.31. The van der Waals surface area contributed by atoms with Crippen molar-refractivity contribution in [1.82, 2.24) is 15.0 Å². The molecule has 0 spiro atoms. The Hall–Kier alpha value is -2.89. The highest BCUT2D eigenvalue weighted by Crippen LogP contribution is 2.34. The Labute approximate surface area is 176 Å². The summed E-state index contributed by atoms with van der Waals surface area (Å²) >= 11 is 0. The predicted molar refractivity (Wildman–Crippen MR) is 106 cm³/mol. The van der Waals surface area contributed by atoms with Gasteiger partial charge in [0.25, 0.3) is 5.92 Å². The summed E-state index contributed by atoms with van der Waals surface area (Å²) in [6.07, 6.45) is 1.07. The Morgan fingerprint density at radius 2 is 2.06 bits per heavy atom. The molecule has 0 aliphatic carbocycles. The van der Waals surface area contributed by atoms with Gasteiger partial charge in [-0.1, -0.05) is 0 Å². The molecule has 168 valence electrons. The number of nitrogen functional groups attached to an aromatic ring is 1. The third-order valence-corrected chi connectivity index (χ3v) is 5.21. The predicted octanol–water partition coefficient (Wildman–Crippen LogP) is 2.79. The molecule has 31 heavy (non-hydrogen) atoms. The fourth-order valence-electron chi connectivity index (χ4n) is 3.62. The van der Waals surface area contributed by atoms with Gasteiger partial charge >= 0.3 is 6.61 Å². The molecular weight excluding hydrogens is 420 g/mol. The van der Waals surface area contributed by atoms with E-state index in [4.69, 9.17) is 10.5 Å². The van der Waals surface area contributed by atoms with Crippen LogP contribution in [0.15, 0.2) is 18.3 Å². The van der Waals surface area contributed by atoms with Crippen LogP contribution in [-0.2, 0) is 4.74 Å². The summed E-state index contributed by atoms with van der Waals surface area (Å²) in [5, 5.41) is 0. The second kappa shape index (κ2) is 8.33. The van der Waals surface area contributed by atoms with Gasteiger partial charge < -0.3 is 25.0 Å². The molecule has 0 radical (unpaired) electrons. The Bertz CT molecular complexity index is 948. The molecule has 2 aliphatic heterocycles. The lowest BCUT2D eigenvalue weighted by Crippen LogP contribution is -2.44. The van der Waals surface area contributed by atoms with Crippen LogP contribution in [0, 0.1) is 0 Å². The van der Waals surface area contributed by atoms with Crippen molar-refractivity contribution in [3.8, 4) is 17.0 Å². The number of morpholine rings is 1. The van der Waals surface area contributed by atoms with Crippen LogP contribution in [0.1, 0.15) is 13.3 Å². The molecule has 0 saturated carbocycles. The maximum Gasteiger partial charge on any atom is 0.387 e. The maximum absolute atomic E-state index is 13.8. The van der Waals surface area contributed by atoms with E-state index in [-0.39, 0.29) is 36.5 Å². The highest BCUT2D eigenvalue weighted by Gasteiger charge is 2.39. The van der Waals surface area contributed by atoms with Crippen molar-refractivity contribution in [3.63, 3.8) is 0 Å². The quantitative estimate of drug-likeness (QED) is 0.708. The molecule has 4 rings (SSSR count). The maximum atomic E-state index is 13.8. The first-order valence-electron chi connectivity index (χ1n) is 9.79. The molecule has 2 saturated heterocycles. The number of ether oxygens (including phenoxy) is 2. The second-order valence-corrected chi connectivity index (χ2v) is 7.54. The summed E-state index contributed by atoms with van der Waals surface area (Å²) in [4.78, 5) is 16.3. The zero-order valence-electron chi connectivity index (χ0n) is 16.8. The van der Waals surface area contributed by atoms with Crippen molar-refractivity contribution in [3.05, 3.63) is 18.3 Å². The minimum Gasteiger partial charge on any atom is -0.431 e. The Kier molecular flexibility index (Phi) is 5.73. The van der Waals surface area contributed by atoms with Gasteiger partial charge in [0.05, 0.1) is 31.5 Å². The van der Waals surface area contributed by atoms with Gasteiger partial charge in [0.2, 0.25) is 5.95 Å². The summed E-state index contributed by atoms with van der Waals surface area (Å²) in [5.74, 6) is -2.65. The molecule has 8 nitrogen and oxygen atoms in total. The zero-order chi connectivity index (χ0) is 22.2. The van der Waals surface area contributed by atoms with Crippen LogP contribution in [-0.4, -0.2) is 66.4 Å². The van der Waals surface area contributed by atoms with Gasteiger partial charge in [0, 0.05) is 37.3 Å². The number of pyridine rings is 1. The third kappa shape index (κ3) is 4.73. The fourth-order valence-corrected chi connectivity index (χ4v) is 3.62. The number of nitrogens with zero attached hydrogens (tertiary/aromatic N) is 5. The van der Waals surface area contributed by atoms with E-state index in [0.717, 1.165) is 0 Å². The molecule has 2 fully saturated rings. The fraction of sp³-hybridized carbons (Fsp3) is 0.526. The largest absolute Gasteiger partial charge is 0.431 e. The third-order valence-electron chi connectivity index (χ3n) is 5.21. The number of hydrogen-bond donors (Lipinski definition) is 1. The topological polar surface area (TPSA) is 89.6 Å². The minimum atomic E-state index is -3.07. The summed E-state index contributed by atoms with van der Waals surface area (Å²) < 4.78 is 62.9. The highest BCUT2D eigenvalue weighted by atomic mass is 19.3. The molecule has 0 unspecified atom stereocenters. The molecule has 1 atom stereocenters. The molecule has 12 heteroatoms. The molecule has 4 heterocycles. The first-order chi connectivity index (χ1) is 14.7. The van der Waals surface area contributed by atoms with E-state index in [0.29, 0.717) is 36.8 Å².